The number of hydrogen-bond donors (Lipinski definition) is 0. The lowest BCUT2D eigenvalue weighted by atomic mass is 10.3. The van der Waals surface area contributed by atoms with E-state index in [1.807, 2.05) is 0 Å². The van der Waals surface area contributed by atoms with Crippen molar-refractivity contribution in [3.05, 3.63) is 12.2 Å². The third-order valence-electron chi connectivity index (χ3n) is 1.49. The van der Waals surface area contributed by atoms with Gasteiger partial charge in [-0.1, -0.05) is 25.0 Å². The Kier molecular flexibility index (Phi) is 8.75. The lowest BCUT2D eigenvalue weighted by Crippen LogP contribution is -2.09. The maximum Gasteiger partial charge on any atom is 0.221 e. The molecule has 0 aliphatic rings. The summed E-state index contributed by atoms with van der Waals surface area (Å²) in [5.74, 6) is 5.86. The number of methoxy groups -OCH3 is 2. The molecule has 0 rings (SSSR count). The van der Waals surface area contributed by atoms with Gasteiger partial charge in [0.05, 0.1) is 0 Å². The molecule has 0 aromatic carbocycles. The number of hydrogen-bond acceptors (Lipinski definition) is 2. The molecule has 0 atom stereocenters. The summed E-state index contributed by atoms with van der Waals surface area (Å²) in [5.41, 5.74) is 0. The minimum Gasteiger partial charge on any atom is -0.345 e. The van der Waals surface area contributed by atoms with Crippen LogP contribution in [0.4, 0.5) is 0 Å². The summed E-state index contributed by atoms with van der Waals surface area (Å²) < 4.78 is 9.83. The first kappa shape index (κ1) is 12.2. The van der Waals surface area contributed by atoms with Gasteiger partial charge in [-0.2, -0.15) is 0 Å². The zero-order valence-electron chi connectivity index (χ0n) is 8.67. The monoisotopic (exact) mass is 182 g/mol. The van der Waals surface area contributed by atoms with E-state index in [1.54, 1.807) is 14.2 Å². The Labute approximate surface area is 80.9 Å². The predicted molar refractivity (Wildman–Crippen MR) is 54.2 cm³/mol. The van der Waals surface area contributed by atoms with Crippen molar-refractivity contribution in [3.63, 3.8) is 0 Å². The molecule has 0 aromatic heterocycles. The molecule has 0 aliphatic carbocycles. The molecule has 0 aromatic rings. The maximum atomic E-state index is 4.91. The van der Waals surface area contributed by atoms with Crippen molar-refractivity contribution >= 4 is 0 Å². The van der Waals surface area contributed by atoms with Crippen molar-refractivity contribution in [2.75, 3.05) is 14.2 Å². The molecule has 0 saturated heterocycles. The van der Waals surface area contributed by atoms with E-state index in [2.05, 4.69) is 30.9 Å². The highest BCUT2D eigenvalue weighted by Crippen LogP contribution is 1.92. The van der Waals surface area contributed by atoms with Crippen LogP contribution in [0, 0.1) is 11.8 Å². The van der Waals surface area contributed by atoms with Crippen molar-refractivity contribution in [2.45, 2.75) is 32.5 Å². The Balaban J connectivity index is 3.53. The Morgan fingerprint density at radius 3 is 2.46 bits per heavy atom. The van der Waals surface area contributed by atoms with E-state index in [-0.39, 0.29) is 6.29 Å². The van der Waals surface area contributed by atoms with E-state index >= 15 is 0 Å². The second kappa shape index (κ2) is 9.31. The molecule has 0 heterocycles. The summed E-state index contributed by atoms with van der Waals surface area (Å²) in [6.07, 6.45) is 6.86. The van der Waals surface area contributed by atoms with Crippen molar-refractivity contribution in [2.24, 2.45) is 0 Å². The molecular formula is C11H18O2. The quantitative estimate of drug-likeness (QED) is 0.281. The van der Waals surface area contributed by atoms with Gasteiger partial charge in [0.2, 0.25) is 6.29 Å². The van der Waals surface area contributed by atoms with Crippen LogP contribution in [0.2, 0.25) is 0 Å². The highest BCUT2D eigenvalue weighted by molar-refractivity contribution is 5.03. The Morgan fingerprint density at radius 2 is 1.92 bits per heavy atom. The second-order valence-corrected chi connectivity index (χ2v) is 2.54. The Bertz CT molecular complexity index is 182. The lowest BCUT2D eigenvalue weighted by molar-refractivity contribution is -0.0595. The molecule has 74 valence electrons. The van der Waals surface area contributed by atoms with Gasteiger partial charge in [0, 0.05) is 20.6 Å². The number of ether oxygens (including phenoxy) is 2. The second-order valence-electron chi connectivity index (χ2n) is 2.54. The Hall–Kier alpha value is -0.780. The van der Waals surface area contributed by atoms with Crippen LogP contribution < -0.4 is 0 Å². The summed E-state index contributed by atoms with van der Waals surface area (Å²) in [4.78, 5) is 0. The minimum atomic E-state index is -0.379. The van der Waals surface area contributed by atoms with Crippen molar-refractivity contribution in [1.29, 1.82) is 0 Å². The highest BCUT2D eigenvalue weighted by atomic mass is 16.7. The summed E-state index contributed by atoms with van der Waals surface area (Å²) >= 11 is 0. The largest absolute Gasteiger partial charge is 0.345 e. The third kappa shape index (κ3) is 7.58. The van der Waals surface area contributed by atoms with Gasteiger partial charge < -0.3 is 9.47 Å². The van der Waals surface area contributed by atoms with E-state index in [0.717, 1.165) is 19.3 Å². The van der Waals surface area contributed by atoms with Crippen molar-refractivity contribution in [3.8, 4) is 11.8 Å². The molecule has 0 fully saturated rings. The first-order chi connectivity index (χ1) is 6.35. The van der Waals surface area contributed by atoms with Crippen LogP contribution in [0.15, 0.2) is 12.2 Å². The molecule has 0 saturated carbocycles. The molecule has 0 bridgehead atoms. The van der Waals surface area contributed by atoms with Crippen LogP contribution in [-0.4, -0.2) is 20.5 Å². The average Bonchev–Trinajstić information content (AvgIpc) is 2.17. The highest BCUT2D eigenvalue weighted by Gasteiger charge is 1.95. The summed E-state index contributed by atoms with van der Waals surface area (Å²) in [6.45, 7) is 2.12. The van der Waals surface area contributed by atoms with Gasteiger partial charge >= 0.3 is 0 Å². The normalized spacial score (nSPS) is 10.5. The molecule has 0 N–H and O–H groups in total. The van der Waals surface area contributed by atoms with Gasteiger partial charge in [0.1, 0.15) is 0 Å². The SMILES string of the molecule is CC/C=C/CCC#CC(OC)OC. The van der Waals surface area contributed by atoms with Crippen LogP contribution in [0.5, 0.6) is 0 Å². The van der Waals surface area contributed by atoms with E-state index in [9.17, 15) is 0 Å². The van der Waals surface area contributed by atoms with E-state index in [1.165, 1.54) is 0 Å². The number of rotatable bonds is 5. The van der Waals surface area contributed by atoms with Gasteiger partial charge in [-0.25, -0.2) is 0 Å². The van der Waals surface area contributed by atoms with E-state index in [0.29, 0.717) is 0 Å². The van der Waals surface area contributed by atoms with Crippen molar-refractivity contribution in [1.82, 2.24) is 0 Å². The van der Waals surface area contributed by atoms with Crippen LogP contribution in [0.3, 0.4) is 0 Å². The molecule has 0 unspecified atom stereocenters. The van der Waals surface area contributed by atoms with E-state index < -0.39 is 0 Å². The third-order valence-corrected chi connectivity index (χ3v) is 1.49. The fourth-order valence-electron chi connectivity index (χ4n) is 0.810. The first-order valence-corrected chi connectivity index (χ1v) is 4.54. The number of unbranched alkanes of at least 4 members (excludes halogenated alkanes) is 1. The van der Waals surface area contributed by atoms with Gasteiger partial charge in [-0.05, 0) is 18.8 Å². The van der Waals surface area contributed by atoms with Gasteiger partial charge in [-0.3, -0.25) is 0 Å². The zero-order valence-corrected chi connectivity index (χ0v) is 8.67. The van der Waals surface area contributed by atoms with Crippen LogP contribution >= 0.6 is 0 Å². The fourth-order valence-corrected chi connectivity index (χ4v) is 0.810. The van der Waals surface area contributed by atoms with Gasteiger partial charge in [0.15, 0.2) is 0 Å². The van der Waals surface area contributed by atoms with Gasteiger partial charge in [-0.15, -0.1) is 0 Å². The molecule has 0 aliphatic heterocycles. The molecule has 0 spiro atoms. The zero-order chi connectivity index (χ0) is 9.94. The van der Waals surface area contributed by atoms with Gasteiger partial charge in [0.25, 0.3) is 0 Å². The maximum absolute atomic E-state index is 4.91. The van der Waals surface area contributed by atoms with Crippen LogP contribution in [-0.2, 0) is 9.47 Å². The molecule has 2 heteroatoms. The smallest absolute Gasteiger partial charge is 0.221 e. The Morgan fingerprint density at radius 1 is 1.23 bits per heavy atom. The lowest BCUT2D eigenvalue weighted by Gasteiger charge is -2.03. The molecular weight excluding hydrogens is 164 g/mol. The molecule has 2 nitrogen and oxygen atoms in total. The molecule has 0 radical (unpaired) electrons. The van der Waals surface area contributed by atoms with E-state index in [4.69, 9.17) is 9.47 Å². The molecule has 0 amide bonds. The topological polar surface area (TPSA) is 18.5 Å². The van der Waals surface area contributed by atoms with Crippen LogP contribution in [0.1, 0.15) is 26.2 Å². The summed E-state index contributed by atoms with van der Waals surface area (Å²) in [6, 6.07) is 0. The van der Waals surface area contributed by atoms with Crippen LogP contribution in [0.25, 0.3) is 0 Å². The average molecular weight is 182 g/mol. The fraction of sp³-hybridized carbons (Fsp3) is 0.636. The van der Waals surface area contributed by atoms with Crippen molar-refractivity contribution < 1.29 is 9.47 Å². The summed E-state index contributed by atoms with van der Waals surface area (Å²) in [7, 11) is 3.17. The standard InChI is InChI=1S/C11H18O2/c1-4-5-6-7-8-9-10-11(12-2)13-3/h5-6,11H,4,7-8H2,1-3H3/b6-5+. The number of allylic oxidation sites excluding steroid dienone is 2. The minimum absolute atomic E-state index is 0.379. The predicted octanol–water partition coefficient (Wildman–Crippen LogP) is 2.36. The summed E-state index contributed by atoms with van der Waals surface area (Å²) in [5, 5.41) is 0. The molecule has 13 heavy (non-hydrogen) atoms. The first-order valence-electron chi connectivity index (χ1n) is 4.54.